The van der Waals surface area contributed by atoms with Crippen LogP contribution >= 0.6 is 0 Å². The largest absolute Gasteiger partial charge is 0.0754 e. The molecule has 0 aromatic rings. The normalized spacial score (nSPS) is 32.6. The summed E-state index contributed by atoms with van der Waals surface area (Å²) in [7, 11) is -3.23. The molecule has 0 aromatic carbocycles. The molecular weight excluding hydrogens is 289 g/mol. The lowest BCUT2D eigenvalue weighted by Crippen LogP contribution is -2.92. The van der Waals surface area contributed by atoms with Crippen LogP contribution < -0.4 is 0 Å². The van der Waals surface area contributed by atoms with Gasteiger partial charge in [-0.25, -0.2) is 0 Å². The van der Waals surface area contributed by atoms with Gasteiger partial charge in [0.15, 0.2) is 0 Å². The molecule has 1 rings (SSSR count). The van der Waals surface area contributed by atoms with E-state index in [1.807, 2.05) is 0 Å². The summed E-state index contributed by atoms with van der Waals surface area (Å²) in [5.41, 5.74) is 0. The van der Waals surface area contributed by atoms with E-state index in [4.69, 9.17) is 0 Å². The van der Waals surface area contributed by atoms with E-state index in [1.54, 1.807) is 0 Å². The molecule has 1 heterocycles. The molecule has 0 aromatic heterocycles. The summed E-state index contributed by atoms with van der Waals surface area (Å²) in [6.07, 6.45) is 0. The molecule has 0 N–H and O–H groups in total. The zero-order chi connectivity index (χ0) is 13.2. The molecule has 1 fully saturated rings. The second-order valence-corrected chi connectivity index (χ2v) is 71.2. The van der Waals surface area contributed by atoms with Gasteiger partial charge in [0.1, 0.15) is 0 Å². The molecule has 0 atom stereocenters. The third-order valence-corrected chi connectivity index (χ3v) is 134. The smallest absolute Gasteiger partial charge is 0.0278 e. The Labute approximate surface area is 109 Å². The Morgan fingerprint density at radius 3 is 0.688 bits per heavy atom. The summed E-state index contributed by atoms with van der Waals surface area (Å²) in [5, 5.41) is 0. The summed E-state index contributed by atoms with van der Waals surface area (Å²) >= 11 is 0. The summed E-state index contributed by atoms with van der Waals surface area (Å²) in [6.45, 7) is 27.9. The van der Waals surface area contributed by atoms with Crippen molar-refractivity contribution >= 4 is 44.1 Å². The lowest BCUT2D eigenvalue weighted by atomic mass is 11.9. The van der Waals surface area contributed by atoms with Crippen LogP contribution in [0.5, 0.6) is 0 Å². The van der Waals surface area contributed by atoms with Crippen molar-refractivity contribution in [3.05, 3.63) is 0 Å². The van der Waals surface area contributed by atoms with Gasteiger partial charge in [-0.15, -0.1) is 0 Å². The minimum Gasteiger partial charge on any atom is -0.0754 e. The maximum absolute atomic E-state index is 2.79. The second-order valence-electron chi connectivity index (χ2n) is 7.75. The quantitative estimate of drug-likeness (QED) is 0.599. The van der Waals surface area contributed by atoms with E-state index in [1.165, 1.54) is 0 Å². The van der Waals surface area contributed by atoms with Crippen molar-refractivity contribution in [2.24, 2.45) is 0 Å². The number of hydrogen-bond acceptors (Lipinski definition) is 0. The first-order valence-corrected chi connectivity index (χ1v) is 28.5. The van der Waals surface area contributed by atoms with E-state index in [-0.39, 0.29) is 15.7 Å². The SMILES string of the molecule is C[Si]1[Si](C)(C)[Si](C)(C)[Si](C)[Si](C)(C)[Si]1(C)C. The molecule has 16 heavy (non-hydrogen) atoms. The van der Waals surface area contributed by atoms with Gasteiger partial charge >= 0.3 is 0 Å². The van der Waals surface area contributed by atoms with Crippen LogP contribution in [0.15, 0.2) is 0 Å². The highest BCUT2D eigenvalue weighted by Gasteiger charge is 2.66. The Kier molecular flexibility index (Phi) is 3.74. The van der Waals surface area contributed by atoms with Gasteiger partial charge in [0.2, 0.25) is 0 Å². The number of rotatable bonds is 0. The zero-order valence-corrected chi connectivity index (χ0v) is 19.0. The molecule has 6 heteroatoms. The van der Waals surface area contributed by atoms with Crippen LogP contribution in [-0.4, -0.2) is 44.1 Å². The lowest BCUT2D eigenvalue weighted by Gasteiger charge is -2.63. The Hall–Kier alpha value is 1.30. The van der Waals surface area contributed by atoms with Gasteiger partial charge in [-0.2, -0.15) is 0 Å². The number of hydrogen-bond donors (Lipinski definition) is 0. The van der Waals surface area contributed by atoms with E-state index in [2.05, 4.69) is 65.5 Å². The van der Waals surface area contributed by atoms with Crippen molar-refractivity contribution in [3.8, 4) is 0 Å². The first kappa shape index (κ1) is 15.4. The zero-order valence-electron chi connectivity index (χ0n) is 13.0. The predicted molar refractivity (Wildman–Crippen MR) is 93.2 cm³/mol. The molecule has 2 radical (unpaired) electrons. The minimum atomic E-state index is -0.826. The predicted octanol–water partition coefficient (Wildman–Crippen LogP) is 3.55. The van der Waals surface area contributed by atoms with Gasteiger partial charge in [-0.1, -0.05) is 65.5 Å². The third-order valence-electron chi connectivity index (χ3n) is 6.88. The van der Waals surface area contributed by atoms with Crippen LogP contribution in [0.4, 0.5) is 0 Å². The van der Waals surface area contributed by atoms with Crippen molar-refractivity contribution in [1.82, 2.24) is 0 Å². The van der Waals surface area contributed by atoms with E-state index in [0.717, 1.165) is 0 Å². The molecule has 0 unspecified atom stereocenters. The Morgan fingerprint density at radius 2 is 0.562 bits per heavy atom. The van der Waals surface area contributed by atoms with Gasteiger partial charge in [0.25, 0.3) is 0 Å². The molecule has 0 nitrogen and oxygen atoms in total. The van der Waals surface area contributed by atoms with Crippen molar-refractivity contribution in [2.75, 3.05) is 0 Å². The summed E-state index contributed by atoms with van der Waals surface area (Å²) < 4.78 is 0. The fourth-order valence-electron chi connectivity index (χ4n) is 3.44. The van der Waals surface area contributed by atoms with E-state index < -0.39 is 28.4 Å². The molecular formula is C10H30Si6. The second kappa shape index (κ2) is 3.90. The van der Waals surface area contributed by atoms with Crippen molar-refractivity contribution in [1.29, 1.82) is 0 Å². The van der Waals surface area contributed by atoms with Crippen molar-refractivity contribution in [3.63, 3.8) is 0 Å². The van der Waals surface area contributed by atoms with Crippen molar-refractivity contribution < 1.29 is 0 Å². The van der Waals surface area contributed by atoms with Gasteiger partial charge in [-0.05, 0) is 0 Å². The highest BCUT2D eigenvalue weighted by Crippen LogP contribution is 2.41. The van der Waals surface area contributed by atoms with Gasteiger partial charge in [0.05, 0.1) is 0 Å². The molecule has 0 saturated carbocycles. The summed E-state index contributed by atoms with van der Waals surface area (Å²) in [5.74, 6) is 0. The van der Waals surface area contributed by atoms with Gasteiger partial charge < -0.3 is 0 Å². The average Bonchev–Trinajstić information content (AvgIpc) is 2.13. The maximum Gasteiger partial charge on any atom is 0.0278 e. The topological polar surface area (TPSA) is 0 Å². The molecule has 0 amide bonds. The highest BCUT2D eigenvalue weighted by molar-refractivity contribution is 8.07. The van der Waals surface area contributed by atoms with E-state index in [9.17, 15) is 0 Å². The molecule has 0 spiro atoms. The van der Waals surface area contributed by atoms with Crippen LogP contribution in [0.1, 0.15) is 0 Å². The first-order chi connectivity index (χ1) is 6.81. The molecule has 1 aliphatic heterocycles. The van der Waals surface area contributed by atoms with Crippen LogP contribution in [0.25, 0.3) is 0 Å². The average molecular weight is 319 g/mol. The Morgan fingerprint density at radius 1 is 0.438 bits per heavy atom. The summed E-state index contributed by atoms with van der Waals surface area (Å²) in [6, 6.07) is 0. The van der Waals surface area contributed by atoms with E-state index in [0.29, 0.717) is 0 Å². The molecule has 1 aliphatic rings. The first-order valence-electron chi connectivity index (χ1n) is 6.50. The van der Waals surface area contributed by atoms with Gasteiger partial charge in [0, 0.05) is 44.1 Å². The standard InChI is InChI=1S/C10H30Si6/c1-11-13(3,4)15(7,8)12(2)16(9,10)14(11,5)6/h1-10H3. The molecule has 0 bridgehead atoms. The van der Waals surface area contributed by atoms with Crippen molar-refractivity contribution in [2.45, 2.75) is 65.5 Å². The third kappa shape index (κ3) is 1.67. The Bertz CT molecular complexity index is 236. The van der Waals surface area contributed by atoms with E-state index >= 15 is 0 Å². The van der Waals surface area contributed by atoms with Crippen LogP contribution in [0.2, 0.25) is 65.5 Å². The van der Waals surface area contributed by atoms with Crippen LogP contribution in [0, 0.1) is 0 Å². The molecule has 94 valence electrons. The highest BCUT2D eigenvalue weighted by atomic mass is 30.2. The fraction of sp³-hybridized carbons (Fsp3) is 1.00. The van der Waals surface area contributed by atoms with Crippen LogP contribution in [0.3, 0.4) is 0 Å². The van der Waals surface area contributed by atoms with Gasteiger partial charge in [-0.3, -0.25) is 0 Å². The molecule has 1 saturated heterocycles. The fourth-order valence-corrected chi connectivity index (χ4v) is 201. The lowest BCUT2D eigenvalue weighted by molar-refractivity contribution is 1.80. The molecule has 0 aliphatic carbocycles. The van der Waals surface area contributed by atoms with Crippen LogP contribution in [-0.2, 0) is 0 Å². The minimum absolute atomic E-state index is 0.0357. The summed E-state index contributed by atoms with van der Waals surface area (Å²) in [4.78, 5) is 0. The Balaban J connectivity index is 3.39. The maximum atomic E-state index is 2.79. The monoisotopic (exact) mass is 318 g/mol.